The van der Waals surface area contributed by atoms with E-state index in [0.29, 0.717) is 0 Å². The number of hydrogen-bond acceptors (Lipinski definition) is 4. The Morgan fingerprint density at radius 3 is 2.53 bits per heavy atom. The van der Waals surface area contributed by atoms with Gasteiger partial charge in [0.15, 0.2) is 0 Å². The Morgan fingerprint density at radius 1 is 1.21 bits per heavy atom. The quantitative estimate of drug-likeness (QED) is 0.892. The average molecular weight is 262 g/mol. The highest BCUT2D eigenvalue weighted by molar-refractivity contribution is 5.52. The molecule has 19 heavy (non-hydrogen) atoms. The van der Waals surface area contributed by atoms with Crippen LogP contribution in [0.25, 0.3) is 0 Å². The van der Waals surface area contributed by atoms with Gasteiger partial charge >= 0.3 is 0 Å². The maximum atomic E-state index is 4.80. The van der Waals surface area contributed by atoms with Crippen molar-refractivity contribution in [1.82, 2.24) is 15.2 Å². The number of nitrogens with zero attached hydrogens (tertiary/aromatic N) is 3. The van der Waals surface area contributed by atoms with Crippen LogP contribution in [0.4, 0.5) is 5.82 Å². The molecule has 2 rings (SSSR count). The molecule has 0 saturated carbocycles. The molecule has 0 atom stereocenters. The standard InChI is InChI=1S/C15H26N4/c1-5-16-11-14-12(2)10-13(3)17-15(14)19-8-6-18(4)7-9-19/h10,16H,5-9,11H2,1-4H3. The Kier molecular flexibility index (Phi) is 4.77. The predicted octanol–water partition coefficient (Wildman–Crippen LogP) is 1.56. The zero-order valence-electron chi connectivity index (χ0n) is 12.7. The van der Waals surface area contributed by atoms with Crippen molar-refractivity contribution in [3.05, 3.63) is 22.9 Å². The molecule has 0 aliphatic carbocycles. The summed E-state index contributed by atoms with van der Waals surface area (Å²) in [7, 11) is 2.19. The highest BCUT2D eigenvalue weighted by Crippen LogP contribution is 2.23. The van der Waals surface area contributed by atoms with Gasteiger partial charge in [0.2, 0.25) is 0 Å². The zero-order valence-corrected chi connectivity index (χ0v) is 12.7. The van der Waals surface area contributed by atoms with Crippen molar-refractivity contribution in [1.29, 1.82) is 0 Å². The maximum absolute atomic E-state index is 4.80. The van der Waals surface area contributed by atoms with Gasteiger partial charge in [-0.15, -0.1) is 0 Å². The lowest BCUT2D eigenvalue weighted by Gasteiger charge is -2.34. The Labute approximate surface area is 116 Å². The second-order valence-electron chi connectivity index (χ2n) is 5.45. The van der Waals surface area contributed by atoms with Crippen molar-refractivity contribution in [2.45, 2.75) is 27.3 Å². The van der Waals surface area contributed by atoms with Crippen LogP contribution in [0.1, 0.15) is 23.7 Å². The summed E-state index contributed by atoms with van der Waals surface area (Å²) in [6.07, 6.45) is 0. The second kappa shape index (κ2) is 6.35. The van der Waals surface area contributed by atoms with E-state index in [0.717, 1.165) is 45.0 Å². The van der Waals surface area contributed by atoms with Crippen LogP contribution >= 0.6 is 0 Å². The normalized spacial score (nSPS) is 16.9. The minimum absolute atomic E-state index is 0.914. The largest absolute Gasteiger partial charge is 0.354 e. The summed E-state index contributed by atoms with van der Waals surface area (Å²) >= 11 is 0. The van der Waals surface area contributed by atoms with Crippen molar-refractivity contribution in [3.63, 3.8) is 0 Å². The lowest BCUT2D eigenvalue weighted by atomic mass is 10.1. The minimum atomic E-state index is 0.914. The Hall–Kier alpha value is -1.13. The molecule has 4 heteroatoms. The lowest BCUT2D eigenvalue weighted by Crippen LogP contribution is -2.45. The third-order valence-electron chi connectivity index (χ3n) is 3.81. The van der Waals surface area contributed by atoms with E-state index >= 15 is 0 Å². The van der Waals surface area contributed by atoms with Gasteiger partial charge in [0, 0.05) is 44.0 Å². The summed E-state index contributed by atoms with van der Waals surface area (Å²) in [5.41, 5.74) is 3.83. The number of pyridine rings is 1. The van der Waals surface area contributed by atoms with E-state index in [1.165, 1.54) is 16.9 Å². The number of anilines is 1. The molecule has 1 fully saturated rings. The molecule has 106 valence electrons. The lowest BCUT2D eigenvalue weighted by molar-refractivity contribution is 0.311. The Balaban J connectivity index is 2.26. The molecule has 1 aliphatic heterocycles. The van der Waals surface area contributed by atoms with Crippen LogP contribution in [0.5, 0.6) is 0 Å². The zero-order chi connectivity index (χ0) is 13.8. The minimum Gasteiger partial charge on any atom is -0.354 e. The van der Waals surface area contributed by atoms with Gasteiger partial charge in [0.25, 0.3) is 0 Å². The summed E-state index contributed by atoms with van der Waals surface area (Å²) in [5, 5.41) is 3.44. The monoisotopic (exact) mass is 262 g/mol. The van der Waals surface area contributed by atoms with Gasteiger partial charge in [-0.1, -0.05) is 6.92 Å². The van der Waals surface area contributed by atoms with E-state index in [9.17, 15) is 0 Å². The van der Waals surface area contributed by atoms with Crippen LogP contribution in [0.2, 0.25) is 0 Å². The predicted molar refractivity (Wildman–Crippen MR) is 80.8 cm³/mol. The summed E-state index contributed by atoms with van der Waals surface area (Å²) < 4.78 is 0. The van der Waals surface area contributed by atoms with Crippen LogP contribution in [0, 0.1) is 13.8 Å². The summed E-state index contributed by atoms with van der Waals surface area (Å²) in [6, 6.07) is 2.19. The van der Waals surface area contributed by atoms with E-state index in [4.69, 9.17) is 4.98 Å². The van der Waals surface area contributed by atoms with Gasteiger partial charge in [-0.25, -0.2) is 4.98 Å². The van der Waals surface area contributed by atoms with E-state index < -0.39 is 0 Å². The molecule has 0 aromatic carbocycles. The molecule has 1 saturated heterocycles. The first-order valence-electron chi connectivity index (χ1n) is 7.23. The van der Waals surface area contributed by atoms with Crippen molar-refractivity contribution >= 4 is 5.82 Å². The van der Waals surface area contributed by atoms with E-state index in [1.54, 1.807) is 0 Å². The van der Waals surface area contributed by atoms with Crippen LogP contribution in [0.15, 0.2) is 6.07 Å². The first kappa shape index (κ1) is 14.3. The van der Waals surface area contributed by atoms with E-state index in [2.05, 4.69) is 49.0 Å². The molecule has 1 aliphatic rings. The SMILES string of the molecule is CCNCc1c(C)cc(C)nc1N1CCN(C)CC1. The second-order valence-corrected chi connectivity index (χ2v) is 5.45. The van der Waals surface area contributed by atoms with Crippen molar-refractivity contribution < 1.29 is 0 Å². The number of nitrogens with one attached hydrogen (secondary N) is 1. The maximum Gasteiger partial charge on any atom is 0.133 e. The number of aromatic nitrogens is 1. The van der Waals surface area contributed by atoms with Gasteiger partial charge < -0.3 is 15.1 Å². The van der Waals surface area contributed by atoms with E-state index in [1.807, 2.05) is 0 Å². The molecule has 1 N–H and O–H groups in total. The highest BCUT2D eigenvalue weighted by Gasteiger charge is 2.19. The van der Waals surface area contributed by atoms with Gasteiger partial charge in [-0.05, 0) is 39.1 Å². The molecular formula is C15H26N4. The highest BCUT2D eigenvalue weighted by atomic mass is 15.3. The summed E-state index contributed by atoms with van der Waals surface area (Å²) in [4.78, 5) is 9.62. The molecule has 4 nitrogen and oxygen atoms in total. The number of aryl methyl sites for hydroxylation is 2. The fraction of sp³-hybridized carbons (Fsp3) is 0.667. The summed E-state index contributed by atoms with van der Waals surface area (Å²) in [5.74, 6) is 1.19. The third kappa shape index (κ3) is 3.45. The number of hydrogen-bond donors (Lipinski definition) is 1. The van der Waals surface area contributed by atoms with Crippen molar-refractivity contribution in [2.24, 2.45) is 0 Å². The third-order valence-corrected chi connectivity index (χ3v) is 3.81. The molecular weight excluding hydrogens is 236 g/mol. The molecule has 1 aromatic heterocycles. The molecule has 0 unspecified atom stereocenters. The van der Waals surface area contributed by atoms with Crippen LogP contribution in [0.3, 0.4) is 0 Å². The van der Waals surface area contributed by atoms with E-state index in [-0.39, 0.29) is 0 Å². The Bertz CT molecular complexity index is 422. The van der Waals surface area contributed by atoms with Crippen molar-refractivity contribution in [3.8, 4) is 0 Å². The van der Waals surface area contributed by atoms with Gasteiger partial charge in [-0.3, -0.25) is 0 Å². The molecule has 0 spiro atoms. The van der Waals surface area contributed by atoms with Crippen molar-refractivity contribution in [2.75, 3.05) is 44.7 Å². The molecule has 0 radical (unpaired) electrons. The number of rotatable bonds is 4. The van der Waals surface area contributed by atoms with Gasteiger partial charge in [0.05, 0.1) is 0 Å². The number of piperazine rings is 1. The molecule has 1 aromatic rings. The van der Waals surface area contributed by atoms with Gasteiger partial charge in [-0.2, -0.15) is 0 Å². The number of likely N-dealkylation sites (N-methyl/N-ethyl adjacent to an activating group) is 1. The smallest absolute Gasteiger partial charge is 0.133 e. The molecule has 0 bridgehead atoms. The fourth-order valence-corrected chi connectivity index (χ4v) is 2.59. The summed E-state index contributed by atoms with van der Waals surface area (Å²) in [6.45, 7) is 12.7. The first-order chi connectivity index (χ1) is 9.11. The topological polar surface area (TPSA) is 31.4 Å². The Morgan fingerprint density at radius 2 is 1.89 bits per heavy atom. The fourth-order valence-electron chi connectivity index (χ4n) is 2.59. The molecule has 0 amide bonds. The van der Waals surface area contributed by atoms with Crippen LogP contribution in [-0.2, 0) is 6.54 Å². The van der Waals surface area contributed by atoms with Gasteiger partial charge in [0.1, 0.15) is 5.82 Å². The first-order valence-corrected chi connectivity index (χ1v) is 7.23. The van der Waals surface area contributed by atoms with Crippen LogP contribution < -0.4 is 10.2 Å². The molecule has 2 heterocycles. The van der Waals surface area contributed by atoms with Crippen LogP contribution in [-0.4, -0.2) is 49.7 Å². The average Bonchev–Trinajstić information content (AvgIpc) is 2.38.